The van der Waals surface area contributed by atoms with Crippen molar-refractivity contribution in [3.63, 3.8) is 0 Å². The summed E-state index contributed by atoms with van der Waals surface area (Å²) >= 11 is 0. The number of anilines is 3. The lowest BCUT2D eigenvalue weighted by atomic mass is 10.1. The summed E-state index contributed by atoms with van der Waals surface area (Å²) in [5.41, 5.74) is 1.83. The molecule has 1 heterocycles. The first-order chi connectivity index (χ1) is 12.5. The average Bonchev–Trinajstić information content (AvgIpc) is 2.61. The largest absolute Gasteiger partial charge is 0.465 e. The number of rotatable bonds is 5. The zero-order valence-electron chi connectivity index (χ0n) is 14.3. The highest BCUT2D eigenvalue weighted by Crippen LogP contribution is 2.30. The van der Waals surface area contributed by atoms with Crippen LogP contribution in [0.1, 0.15) is 24.8 Å². The lowest BCUT2D eigenvalue weighted by molar-refractivity contribution is 0.194. The highest BCUT2D eigenvalue weighted by molar-refractivity contribution is 5.65. The molecule has 7 heteroatoms. The number of piperidine rings is 1. The monoisotopic (exact) mass is 361 g/mol. The minimum Gasteiger partial charge on any atom is -0.465 e. The minimum absolute atomic E-state index is 0.0466. The van der Waals surface area contributed by atoms with Crippen LogP contribution in [0, 0.1) is 11.6 Å². The molecule has 0 spiro atoms. The maximum atomic E-state index is 14.5. The quantitative estimate of drug-likeness (QED) is 0.735. The Balaban J connectivity index is 1.71. The molecule has 0 aliphatic carbocycles. The van der Waals surface area contributed by atoms with Gasteiger partial charge in [0.15, 0.2) is 11.6 Å². The zero-order valence-corrected chi connectivity index (χ0v) is 14.3. The van der Waals surface area contributed by atoms with E-state index in [1.54, 1.807) is 29.2 Å². The molecule has 1 fully saturated rings. The maximum Gasteiger partial charge on any atom is 0.404 e. The number of carboxylic acid groups (broad SMARTS) is 1. The molecule has 0 radical (unpaired) electrons. The fraction of sp³-hybridized carbons (Fsp3) is 0.316. The molecule has 0 saturated carbocycles. The van der Waals surface area contributed by atoms with E-state index in [1.807, 2.05) is 0 Å². The lowest BCUT2D eigenvalue weighted by Crippen LogP contribution is -2.31. The fourth-order valence-corrected chi connectivity index (χ4v) is 3.11. The van der Waals surface area contributed by atoms with Crippen molar-refractivity contribution in [3.05, 3.63) is 53.6 Å². The van der Waals surface area contributed by atoms with Gasteiger partial charge in [-0.25, -0.2) is 13.6 Å². The van der Waals surface area contributed by atoms with Gasteiger partial charge in [0, 0.05) is 31.0 Å². The second-order valence-electron chi connectivity index (χ2n) is 6.32. The van der Waals surface area contributed by atoms with Crippen LogP contribution < -0.4 is 15.5 Å². The second kappa shape index (κ2) is 8.03. The van der Waals surface area contributed by atoms with Gasteiger partial charge in [-0.1, -0.05) is 12.1 Å². The zero-order chi connectivity index (χ0) is 18.5. The number of carbonyl (C=O) groups is 1. The van der Waals surface area contributed by atoms with Crippen LogP contribution in [-0.4, -0.2) is 24.3 Å². The van der Waals surface area contributed by atoms with Gasteiger partial charge in [-0.3, -0.25) is 0 Å². The molecule has 1 aliphatic heterocycles. The molecule has 0 bridgehead atoms. The molecule has 138 valence electrons. The molecule has 0 unspecified atom stereocenters. The van der Waals surface area contributed by atoms with E-state index in [1.165, 1.54) is 12.1 Å². The van der Waals surface area contributed by atoms with Gasteiger partial charge in [-0.15, -0.1) is 0 Å². The molecule has 1 aliphatic rings. The van der Waals surface area contributed by atoms with Crippen LogP contribution >= 0.6 is 0 Å². The average molecular weight is 361 g/mol. The second-order valence-corrected chi connectivity index (χ2v) is 6.32. The topological polar surface area (TPSA) is 64.6 Å². The Morgan fingerprint density at radius 3 is 2.19 bits per heavy atom. The third-order valence-electron chi connectivity index (χ3n) is 4.38. The summed E-state index contributed by atoms with van der Waals surface area (Å²) < 4.78 is 28.9. The first kappa shape index (κ1) is 18.0. The number of halogens is 2. The van der Waals surface area contributed by atoms with E-state index in [0.29, 0.717) is 24.5 Å². The molecular weight excluding hydrogens is 340 g/mol. The molecular formula is C19H21F2N3O2. The van der Waals surface area contributed by atoms with E-state index in [9.17, 15) is 13.6 Å². The number of nitrogens with one attached hydrogen (secondary N) is 2. The number of hydrogen-bond acceptors (Lipinski definition) is 3. The predicted octanol–water partition coefficient (Wildman–Crippen LogP) is 4.47. The molecule has 2 aromatic carbocycles. The van der Waals surface area contributed by atoms with E-state index in [-0.39, 0.29) is 12.2 Å². The Hall–Kier alpha value is -2.83. The first-order valence-electron chi connectivity index (χ1n) is 8.59. The van der Waals surface area contributed by atoms with Gasteiger partial charge in [0.05, 0.1) is 0 Å². The standard InChI is InChI=1S/C19H21F2N3O2/c20-16-10-15(11-17(21)18(16)24-8-2-1-3-9-24)23-14-6-4-13(5-7-14)12-22-19(25)26/h4-7,10-11,22-23H,1-3,8-9,12H2,(H,25,26). The van der Waals surface area contributed by atoms with Crippen LogP contribution in [0.4, 0.5) is 30.6 Å². The molecule has 0 atom stereocenters. The highest BCUT2D eigenvalue weighted by Gasteiger charge is 2.20. The Labute approximate surface area is 150 Å². The summed E-state index contributed by atoms with van der Waals surface area (Å²) in [6, 6.07) is 9.54. The Morgan fingerprint density at radius 2 is 1.62 bits per heavy atom. The van der Waals surface area contributed by atoms with E-state index in [2.05, 4.69) is 10.6 Å². The summed E-state index contributed by atoms with van der Waals surface area (Å²) in [5.74, 6) is -1.15. The minimum atomic E-state index is -1.09. The SMILES string of the molecule is O=C(O)NCc1ccc(Nc2cc(F)c(N3CCCCC3)c(F)c2)cc1. The molecule has 3 rings (SSSR count). The fourth-order valence-electron chi connectivity index (χ4n) is 3.11. The summed E-state index contributed by atoms with van der Waals surface area (Å²) in [4.78, 5) is 12.3. The van der Waals surface area contributed by atoms with E-state index in [4.69, 9.17) is 5.11 Å². The molecule has 0 aromatic heterocycles. The molecule has 1 saturated heterocycles. The van der Waals surface area contributed by atoms with Crippen molar-refractivity contribution in [3.8, 4) is 0 Å². The Morgan fingerprint density at radius 1 is 1.00 bits per heavy atom. The normalized spacial score (nSPS) is 14.2. The maximum absolute atomic E-state index is 14.5. The third-order valence-corrected chi connectivity index (χ3v) is 4.38. The Kier molecular flexibility index (Phi) is 5.55. The number of hydrogen-bond donors (Lipinski definition) is 3. The predicted molar refractivity (Wildman–Crippen MR) is 97.0 cm³/mol. The van der Waals surface area contributed by atoms with Gasteiger partial charge >= 0.3 is 6.09 Å². The van der Waals surface area contributed by atoms with Gasteiger partial charge in [-0.2, -0.15) is 0 Å². The molecule has 3 N–H and O–H groups in total. The van der Waals surface area contributed by atoms with Crippen molar-refractivity contribution in [1.82, 2.24) is 5.32 Å². The summed E-state index contributed by atoms with van der Waals surface area (Å²) in [6.07, 6.45) is 1.90. The number of nitrogens with zero attached hydrogens (tertiary/aromatic N) is 1. The van der Waals surface area contributed by atoms with Crippen LogP contribution in [0.25, 0.3) is 0 Å². The van der Waals surface area contributed by atoms with Crippen molar-refractivity contribution in [1.29, 1.82) is 0 Å². The smallest absolute Gasteiger partial charge is 0.404 e. The number of amides is 1. The van der Waals surface area contributed by atoms with Gasteiger partial charge in [0.1, 0.15) is 5.69 Å². The van der Waals surface area contributed by atoms with E-state index >= 15 is 0 Å². The number of benzene rings is 2. The van der Waals surface area contributed by atoms with Crippen molar-refractivity contribution in [2.45, 2.75) is 25.8 Å². The lowest BCUT2D eigenvalue weighted by Gasteiger charge is -2.29. The van der Waals surface area contributed by atoms with Crippen molar-refractivity contribution < 1.29 is 18.7 Å². The van der Waals surface area contributed by atoms with Crippen molar-refractivity contribution >= 4 is 23.2 Å². The van der Waals surface area contributed by atoms with Gasteiger partial charge in [0.25, 0.3) is 0 Å². The Bertz CT molecular complexity index is 752. The molecule has 1 amide bonds. The molecule has 5 nitrogen and oxygen atoms in total. The van der Waals surface area contributed by atoms with Crippen LogP contribution in [0.3, 0.4) is 0 Å². The van der Waals surface area contributed by atoms with Crippen LogP contribution in [0.5, 0.6) is 0 Å². The van der Waals surface area contributed by atoms with Crippen LogP contribution in [0.15, 0.2) is 36.4 Å². The third kappa shape index (κ3) is 4.41. The van der Waals surface area contributed by atoms with Gasteiger partial charge in [-0.05, 0) is 49.1 Å². The van der Waals surface area contributed by atoms with E-state index < -0.39 is 17.7 Å². The van der Waals surface area contributed by atoms with E-state index in [0.717, 1.165) is 24.8 Å². The van der Waals surface area contributed by atoms with Gasteiger partial charge in [0.2, 0.25) is 0 Å². The first-order valence-corrected chi connectivity index (χ1v) is 8.59. The molecule has 26 heavy (non-hydrogen) atoms. The van der Waals surface area contributed by atoms with Crippen molar-refractivity contribution in [2.24, 2.45) is 0 Å². The van der Waals surface area contributed by atoms with Crippen LogP contribution in [0.2, 0.25) is 0 Å². The highest BCUT2D eigenvalue weighted by atomic mass is 19.1. The summed E-state index contributed by atoms with van der Waals surface area (Å²) in [6.45, 7) is 1.54. The van der Waals surface area contributed by atoms with Gasteiger partial charge < -0.3 is 20.6 Å². The van der Waals surface area contributed by atoms with Crippen LogP contribution in [-0.2, 0) is 6.54 Å². The molecule has 2 aromatic rings. The summed E-state index contributed by atoms with van der Waals surface area (Å²) in [7, 11) is 0. The summed E-state index contributed by atoms with van der Waals surface area (Å²) in [5, 5.41) is 13.8. The van der Waals surface area contributed by atoms with Crippen molar-refractivity contribution in [2.75, 3.05) is 23.3 Å².